The van der Waals surface area contributed by atoms with Crippen molar-refractivity contribution in [2.24, 2.45) is 0 Å². The van der Waals surface area contributed by atoms with Crippen LogP contribution in [0.5, 0.6) is 0 Å². The van der Waals surface area contributed by atoms with E-state index in [-0.39, 0.29) is 11.3 Å². The van der Waals surface area contributed by atoms with Crippen LogP contribution in [-0.2, 0) is 22.0 Å². The third kappa shape index (κ3) is 3.09. The number of hydrogen-bond acceptors (Lipinski definition) is 3. The average molecular weight is 521 g/mol. The Balaban J connectivity index is 1.50. The number of aryl methyl sites for hydroxylation is 1. The second kappa shape index (κ2) is 8.55. The maximum Gasteiger partial charge on any atom is 0.245 e. The van der Waals surface area contributed by atoms with Gasteiger partial charge in [-0.3, -0.25) is 0 Å². The Kier molecular flexibility index (Phi) is 5.33. The minimum atomic E-state index is -3.77. The van der Waals surface area contributed by atoms with Crippen molar-refractivity contribution < 1.29 is 8.42 Å². The van der Waals surface area contributed by atoms with E-state index in [9.17, 15) is 8.42 Å². The van der Waals surface area contributed by atoms with E-state index in [4.69, 9.17) is 0 Å². The average Bonchev–Trinajstić information content (AvgIpc) is 3.54. The summed E-state index contributed by atoms with van der Waals surface area (Å²) in [5.74, 6) is 0.0633. The predicted molar refractivity (Wildman–Crippen MR) is 152 cm³/mol. The summed E-state index contributed by atoms with van der Waals surface area (Å²) in [6.07, 6.45) is 2.76. The first-order valence-corrected chi connectivity index (χ1v) is 15.0. The van der Waals surface area contributed by atoms with Gasteiger partial charge in [0.15, 0.2) is 0 Å². The monoisotopic (exact) mass is 520 g/mol. The fourth-order valence-corrected chi connectivity index (χ4v) is 9.67. The molecule has 5 heteroatoms. The van der Waals surface area contributed by atoms with Gasteiger partial charge in [0.05, 0.1) is 4.90 Å². The van der Waals surface area contributed by atoms with E-state index in [1.807, 2.05) is 35.5 Å². The highest BCUT2D eigenvalue weighted by Gasteiger charge is 2.75. The minimum Gasteiger partial charge on any atom is -0.347 e. The Bertz CT molecular complexity index is 1590. The molecule has 0 amide bonds. The van der Waals surface area contributed by atoms with Gasteiger partial charge in [0.25, 0.3) is 0 Å². The SMILES string of the molecule is Cc1ccc(S(=O)(=O)N2CC(c3ccccc3)C34CCCC23N(Cc2ccccc2)c2ccccc24)cc1. The van der Waals surface area contributed by atoms with Gasteiger partial charge in [-0.15, -0.1) is 0 Å². The molecule has 1 saturated carbocycles. The molecule has 0 N–H and O–H groups in total. The Morgan fingerprint density at radius 1 is 0.789 bits per heavy atom. The highest BCUT2D eigenvalue weighted by Crippen LogP contribution is 2.71. The molecule has 1 aliphatic carbocycles. The van der Waals surface area contributed by atoms with E-state index < -0.39 is 15.7 Å². The largest absolute Gasteiger partial charge is 0.347 e. The Morgan fingerprint density at radius 2 is 1.45 bits per heavy atom. The molecular formula is C33H32N2O2S. The zero-order valence-electron chi connectivity index (χ0n) is 21.6. The molecule has 7 rings (SSSR count). The highest BCUT2D eigenvalue weighted by atomic mass is 32.2. The lowest BCUT2D eigenvalue weighted by molar-refractivity contribution is 0.184. The first kappa shape index (κ1) is 23.7. The maximum absolute atomic E-state index is 14.6. The van der Waals surface area contributed by atoms with Gasteiger partial charge < -0.3 is 4.90 Å². The predicted octanol–water partition coefficient (Wildman–Crippen LogP) is 6.62. The second-order valence-electron chi connectivity index (χ2n) is 11.0. The van der Waals surface area contributed by atoms with Crippen molar-refractivity contribution in [1.82, 2.24) is 4.31 Å². The van der Waals surface area contributed by atoms with Crippen LogP contribution >= 0.6 is 0 Å². The van der Waals surface area contributed by atoms with Crippen molar-refractivity contribution in [3.05, 3.63) is 131 Å². The molecule has 2 fully saturated rings. The molecule has 4 aromatic rings. The van der Waals surface area contributed by atoms with E-state index in [1.54, 1.807) is 12.1 Å². The Labute approximate surface area is 225 Å². The summed E-state index contributed by atoms with van der Waals surface area (Å²) >= 11 is 0. The lowest BCUT2D eigenvalue weighted by Gasteiger charge is -2.47. The van der Waals surface area contributed by atoms with Crippen molar-refractivity contribution in [1.29, 1.82) is 0 Å². The van der Waals surface area contributed by atoms with Crippen LogP contribution in [0.2, 0.25) is 0 Å². The molecule has 38 heavy (non-hydrogen) atoms. The fraction of sp³-hybridized carbons (Fsp3) is 0.273. The van der Waals surface area contributed by atoms with Gasteiger partial charge in [0.1, 0.15) is 5.66 Å². The molecule has 192 valence electrons. The quantitative estimate of drug-likeness (QED) is 0.297. The molecule has 3 atom stereocenters. The van der Waals surface area contributed by atoms with Crippen molar-refractivity contribution >= 4 is 15.7 Å². The molecule has 0 spiro atoms. The van der Waals surface area contributed by atoms with Gasteiger partial charge in [-0.25, -0.2) is 8.42 Å². The number of nitrogens with zero attached hydrogens (tertiary/aromatic N) is 2. The number of rotatable bonds is 5. The lowest BCUT2D eigenvalue weighted by atomic mass is 9.66. The summed E-state index contributed by atoms with van der Waals surface area (Å²) in [7, 11) is -3.77. The Morgan fingerprint density at radius 3 is 2.18 bits per heavy atom. The van der Waals surface area contributed by atoms with Gasteiger partial charge in [-0.1, -0.05) is 96.6 Å². The van der Waals surface area contributed by atoms with Gasteiger partial charge in [-0.2, -0.15) is 4.31 Å². The molecular weight excluding hydrogens is 488 g/mol. The second-order valence-corrected chi connectivity index (χ2v) is 12.9. The third-order valence-corrected chi connectivity index (χ3v) is 11.2. The summed E-state index contributed by atoms with van der Waals surface area (Å²) in [6, 6.07) is 37.1. The number of anilines is 1. The zero-order chi connectivity index (χ0) is 26.0. The topological polar surface area (TPSA) is 40.6 Å². The summed E-state index contributed by atoms with van der Waals surface area (Å²) in [5, 5.41) is 0. The minimum absolute atomic E-state index is 0.0633. The molecule has 0 radical (unpaired) electrons. The normalized spacial score (nSPS) is 26.2. The van der Waals surface area contributed by atoms with E-state index in [2.05, 4.69) is 77.7 Å². The molecule has 3 unspecified atom stereocenters. The summed E-state index contributed by atoms with van der Waals surface area (Å²) in [5.41, 5.74) is 4.94. The summed E-state index contributed by atoms with van der Waals surface area (Å²) in [4.78, 5) is 2.82. The first-order valence-electron chi connectivity index (χ1n) is 13.5. The molecule has 1 saturated heterocycles. The molecule has 2 aliphatic heterocycles. The van der Waals surface area contributed by atoms with E-state index >= 15 is 0 Å². The lowest BCUT2D eigenvalue weighted by Crippen LogP contribution is -2.62. The van der Waals surface area contributed by atoms with Crippen molar-refractivity contribution in [2.45, 2.75) is 54.6 Å². The molecule has 0 bridgehead atoms. The van der Waals surface area contributed by atoms with Crippen molar-refractivity contribution in [3.8, 4) is 0 Å². The number of fused-ring (bicyclic) bond motifs is 1. The van der Waals surface area contributed by atoms with Crippen LogP contribution in [0.1, 0.15) is 47.4 Å². The van der Waals surface area contributed by atoms with E-state index in [0.29, 0.717) is 18.0 Å². The van der Waals surface area contributed by atoms with Gasteiger partial charge in [0.2, 0.25) is 10.0 Å². The summed E-state index contributed by atoms with van der Waals surface area (Å²) < 4.78 is 31.2. The molecule has 4 aromatic carbocycles. The zero-order valence-corrected chi connectivity index (χ0v) is 22.4. The fourth-order valence-electron chi connectivity index (χ4n) is 7.84. The van der Waals surface area contributed by atoms with E-state index in [1.165, 1.54) is 22.4 Å². The molecule has 4 nitrogen and oxygen atoms in total. The number of para-hydroxylation sites is 1. The number of sulfonamides is 1. The van der Waals surface area contributed by atoms with Crippen LogP contribution in [0, 0.1) is 6.92 Å². The van der Waals surface area contributed by atoms with Gasteiger partial charge >= 0.3 is 0 Å². The molecule has 0 aromatic heterocycles. The van der Waals surface area contributed by atoms with Gasteiger partial charge in [0, 0.05) is 30.1 Å². The first-order chi connectivity index (χ1) is 18.5. The van der Waals surface area contributed by atoms with Gasteiger partial charge in [-0.05, 0) is 61.1 Å². The van der Waals surface area contributed by atoms with Crippen LogP contribution in [0.4, 0.5) is 5.69 Å². The smallest absolute Gasteiger partial charge is 0.245 e. The Hall–Kier alpha value is -3.41. The standard InChI is InChI=1S/C33H32N2O2S/c1-25-17-19-28(20-18-25)38(36,37)35-24-30(27-13-6-3-7-14-27)32-21-10-22-33(32,35)34(23-26-11-4-2-5-12-26)31-16-9-8-15-29(31)32/h2-9,11-20,30H,10,21-24H2,1H3. The van der Waals surface area contributed by atoms with Crippen LogP contribution < -0.4 is 4.90 Å². The molecule has 3 aliphatic rings. The highest BCUT2D eigenvalue weighted by molar-refractivity contribution is 7.89. The molecule has 2 heterocycles. The number of hydrogen-bond donors (Lipinski definition) is 0. The van der Waals surface area contributed by atoms with E-state index in [0.717, 1.165) is 24.8 Å². The maximum atomic E-state index is 14.6. The third-order valence-electron chi connectivity index (χ3n) is 9.28. The van der Waals surface area contributed by atoms with Crippen LogP contribution in [0.25, 0.3) is 0 Å². The summed E-state index contributed by atoms with van der Waals surface area (Å²) in [6.45, 7) is 3.13. The van der Waals surface area contributed by atoms with Crippen molar-refractivity contribution in [3.63, 3.8) is 0 Å². The van der Waals surface area contributed by atoms with Crippen LogP contribution in [0.3, 0.4) is 0 Å². The van der Waals surface area contributed by atoms with Crippen LogP contribution in [-0.4, -0.2) is 24.9 Å². The van der Waals surface area contributed by atoms with Crippen molar-refractivity contribution in [2.75, 3.05) is 11.4 Å². The van der Waals surface area contributed by atoms with Crippen LogP contribution in [0.15, 0.2) is 114 Å². The number of benzene rings is 4.